The predicted molar refractivity (Wildman–Crippen MR) is 371 cm³/mol. The van der Waals surface area contributed by atoms with Crippen molar-refractivity contribution in [2.45, 2.75) is 238 Å². The van der Waals surface area contributed by atoms with Gasteiger partial charge in [-0.3, -0.25) is 18.6 Å². The maximum atomic E-state index is 12.9. The molecule has 1 N–H and O–H groups in total. The lowest BCUT2D eigenvalue weighted by atomic mass is 10.1. The number of esters is 2. The molecule has 0 rings (SSSR count). The van der Waals surface area contributed by atoms with E-state index in [9.17, 15) is 19.0 Å². The van der Waals surface area contributed by atoms with Crippen molar-refractivity contribution in [3.8, 4) is 0 Å². The average molecular weight is 1210 g/mol. The number of likely N-dealkylation sites (N-methyl/N-ethyl adjacent to an activating group) is 1. The summed E-state index contributed by atoms with van der Waals surface area (Å²) in [5.74, 6) is -0.838. The number of ether oxygens (including phenoxy) is 2. The third kappa shape index (κ3) is 68.2. The second-order valence-corrected chi connectivity index (χ2v) is 24.2. The van der Waals surface area contributed by atoms with Crippen molar-refractivity contribution in [2.24, 2.45) is 0 Å². The number of carbonyl (C=O) groups is 2. The molecule has 0 aromatic rings. The monoisotopic (exact) mass is 1210 g/mol. The summed E-state index contributed by atoms with van der Waals surface area (Å²) >= 11 is 0. The van der Waals surface area contributed by atoms with Gasteiger partial charge in [-0.15, -0.1) is 0 Å². The minimum atomic E-state index is -4.41. The minimum Gasteiger partial charge on any atom is -0.462 e. The van der Waals surface area contributed by atoms with Crippen molar-refractivity contribution in [2.75, 3.05) is 47.5 Å². The van der Waals surface area contributed by atoms with Gasteiger partial charge in [0, 0.05) is 12.8 Å². The standard InChI is InChI=1S/C76H122NO8P/c1-6-8-10-12-14-16-18-20-22-24-26-28-30-32-34-36-37-38-39-41-43-45-47-49-51-53-55-57-59-61-63-65-67-69-76(79)85-74(73-84-86(80,81)83-71-70-77(3,4)5)72-82-75(78)68-66-64-62-60-58-56-54-52-50-48-46-44-42-40-35-33-31-29-27-25-23-21-19-17-15-13-11-9-7-2/h8-11,14-17,20-23,26-29,32-35,37-38,41-44,47,49,53,55,74H,6-7,12-13,18-19,24-25,30-31,36,39-40,45-46,48,50-52,54,56-73H2,1-5H3/p+1/b10-8-,11-9-,16-14-,17-15-,22-20-,23-21-,28-26-,29-27-,34-32-,35-33-,38-37-,43-41-,44-42-,49-47-,55-53-. The van der Waals surface area contributed by atoms with E-state index in [1.54, 1.807) is 0 Å². The van der Waals surface area contributed by atoms with Crippen molar-refractivity contribution in [1.29, 1.82) is 0 Å². The summed E-state index contributed by atoms with van der Waals surface area (Å²) in [6.45, 7) is 4.15. The molecule has 0 aromatic carbocycles. The molecule has 0 radical (unpaired) electrons. The molecule has 9 nitrogen and oxygen atoms in total. The SMILES string of the molecule is CC/C=C\C/C=C\C/C=C\C/C=C\C/C=C\C/C=C\C/C=C\C/C=C\C/C=C\CCCCCCCC(=O)OC(COC(=O)CCCCCCCCCCCC/C=C\C/C=C\C/C=C\C/C=C\C/C=C\C/C=C\CC)COP(=O)(O)OCC[N+](C)(C)C. The molecule has 0 saturated carbocycles. The summed E-state index contributed by atoms with van der Waals surface area (Å²) in [5.41, 5.74) is 0. The van der Waals surface area contributed by atoms with Crippen LogP contribution < -0.4 is 0 Å². The summed E-state index contributed by atoms with van der Waals surface area (Å²) in [5, 5.41) is 0. The van der Waals surface area contributed by atoms with E-state index < -0.39 is 26.5 Å². The van der Waals surface area contributed by atoms with Gasteiger partial charge in [0.1, 0.15) is 19.8 Å². The number of phosphoric ester groups is 1. The lowest BCUT2D eigenvalue weighted by molar-refractivity contribution is -0.870. The Bertz CT molecular complexity index is 2100. The maximum absolute atomic E-state index is 12.9. The van der Waals surface area contributed by atoms with Gasteiger partial charge < -0.3 is 18.9 Å². The summed E-state index contributed by atoms with van der Waals surface area (Å²) in [4.78, 5) is 35.9. The van der Waals surface area contributed by atoms with Gasteiger partial charge in [-0.1, -0.05) is 267 Å². The molecule has 484 valence electrons. The lowest BCUT2D eigenvalue weighted by Crippen LogP contribution is -2.37. The van der Waals surface area contributed by atoms with Crippen molar-refractivity contribution >= 4 is 19.8 Å². The number of hydrogen-bond donors (Lipinski definition) is 1. The van der Waals surface area contributed by atoms with Crippen LogP contribution in [0.1, 0.15) is 232 Å². The fraction of sp³-hybridized carbons (Fsp3) is 0.579. The van der Waals surface area contributed by atoms with Gasteiger partial charge in [0.15, 0.2) is 6.10 Å². The van der Waals surface area contributed by atoms with Gasteiger partial charge in [-0.2, -0.15) is 0 Å². The molecule has 10 heteroatoms. The van der Waals surface area contributed by atoms with E-state index >= 15 is 0 Å². The minimum absolute atomic E-state index is 0.0163. The topological polar surface area (TPSA) is 108 Å². The quantitative estimate of drug-likeness (QED) is 0.0211. The molecule has 0 spiro atoms. The highest BCUT2D eigenvalue weighted by Gasteiger charge is 2.27. The Hall–Kier alpha value is -4.89. The van der Waals surface area contributed by atoms with E-state index in [2.05, 4.69) is 196 Å². The highest BCUT2D eigenvalue weighted by Crippen LogP contribution is 2.43. The van der Waals surface area contributed by atoms with Gasteiger partial charge in [-0.05, 0) is 135 Å². The van der Waals surface area contributed by atoms with Crippen molar-refractivity contribution in [3.05, 3.63) is 182 Å². The molecule has 0 amide bonds. The lowest BCUT2D eigenvalue weighted by Gasteiger charge is -2.24. The normalized spacial score (nSPS) is 14.3. The van der Waals surface area contributed by atoms with E-state index in [0.29, 0.717) is 17.4 Å². The van der Waals surface area contributed by atoms with Crippen molar-refractivity contribution in [1.82, 2.24) is 0 Å². The van der Waals surface area contributed by atoms with Crippen LogP contribution in [-0.2, 0) is 32.7 Å². The van der Waals surface area contributed by atoms with Gasteiger partial charge in [0.2, 0.25) is 0 Å². The second kappa shape index (κ2) is 64.6. The van der Waals surface area contributed by atoms with Crippen LogP contribution in [0.5, 0.6) is 0 Å². The van der Waals surface area contributed by atoms with Gasteiger partial charge in [-0.25, -0.2) is 4.57 Å². The molecular formula is C76H123NO8P+. The summed E-state index contributed by atoms with van der Waals surface area (Å²) < 4.78 is 34.7. The molecule has 86 heavy (non-hydrogen) atoms. The highest BCUT2D eigenvalue weighted by atomic mass is 31.2. The molecule has 0 heterocycles. The number of unbranched alkanes of at least 4 members (excludes halogenated alkanes) is 15. The Morgan fingerprint density at radius 2 is 0.628 bits per heavy atom. The Labute approximate surface area is 527 Å². The highest BCUT2D eigenvalue weighted by molar-refractivity contribution is 7.47. The smallest absolute Gasteiger partial charge is 0.462 e. The number of phosphoric acid groups is 1. The summed E-state index contributed by atoms with van der Waals surface area (Å²) in [7, 11) is 1.43. The van der Waals surface area contributed by atoms with Crippen LogP contribution in [0.15, 0.2) is 182 Å². The molecule has 0 aliphatic rings. The molecule has 0 aliphatic heterocycles. The Kier molecular flexibility index (Phi) is 60.9. The Morgan fingerprint density at radius 1 is 0.360 bits per heavy atom. The zero-order chi connectivity index (χ0) is 62.6. The maximum Gasteiger partial charge on any atom is 0.472 e. The third-order valence-electron chi connectivity index (χ3n) is 13.4. The van der Waals surface area contributed by atoms with Crippen LogP contribution in [0.2, 0.25) is 0 Å². The Morgan fingerprint density at radius 3 is 0.930 bits per heavy atom. The average Bonchev–Trinajstić information content (AvgIpc) is 3.70. The van der Waals surface area contributed by atoms with E-state index in [1.807, 2.05) is 21.1 Å². The largest absolute Gasteiger partial charge is 0.472 e. The first-order valence-electron chi connectivity index (χ1n) is 33.5. The van der Waals surface area contributed by atoms with Crippen LogP contribution in [-0.4, -0.2) is 74.9 Å². The van der Waals surface area contributed by atoms with Crippen molar-refractivity contribution < 1.29 is 42.1 Å². The van der Waals surface area contributed by atoms with Gasteiger partial charge >= 0.3 is 19.8 Å². The molecule has 0 fully saturated rings. The molecular weight excluding hydrogens is 1090 g/mol. The first-order chi connectivity index (χ1) is 42.0. The second-order valence-electron chi connectivity index (χ2n) is 22.7. The molecule has 0 aliphatic carbocycles. The summed E-state index contributed by atoms with van der Waals surface area (Å²) in [6, 6.07) is 0. The number of nitrogens with zero attached hydrogens (tertiary/aromatic N) is 1. The molecule has 2 atom stereocenters. The zero-order valence-corrected chi connectivity index (χ0v) is 55.9. The fourth-order valence-electron chi connectivity index (χ4n) is 8.36. The van der Waals surface area contributed by atoms with Crippen LogP contribution in [0.25, 0.3) is 0 Å². The van der Waals surface area contributed by atoms with E-state index in [4.69, 9.17) is 18.5 Å². The number of hydrogen-bond acceptors (Lipinski definition) is 7. The van der Waals surface area contributed by atoms with Gasteiger partial charge in [0.05, 0.1) is 27.7 Å². The molecule has 0 bridgehead atoms. The van der Waals surface area contributed by atoms with Crippen LogP contribution in [0.4, 0.5) is 0 Å². The summed E-state index contributed by atoms with van der Waals surface area (Å²) in [6.07, 6.45) is 99.7. The number of quaternary nitrogens is 1. The number of allylic oxidation sites excluding steroid dienone is 30. The number of carbonyl (C=O) groups excluding carboxylic acids is 2. The zero-order valence-electron chi connectivity index (χ0n) is 55.0. The predicted octanol–water partition coefficient (Wildman–Crippen LogP) is 21.9. The Balaban J connectivity index is 4.22. The van der Waals surface area contributed by atoms with Gasteiger partial charge in [0.25, 0.3) is 0 Å². The van der Waals surface area contributed by atoms with Crippen molar-refractivity contribution in [3.63, 3.8) is 0 Å². The first-order valence-corrected chi connectivity index (χ1v) is 35.0. The number of rotatable bonds is 59. The third-order valence-corrected chi connectivity index (χ3v) is 14.4. The van der Waals surface area contributed by atoms with E-state index in [0.717, 1.165) is 161 Å². The molecule has 2 unspecified atom stereocenters. The first kappa shape index (κ1) is 81.1. The van der Waals surface area contributed by atoms with E-state index in [-0.39, 0.29) is 32.0 Å². The van der Waals surface area contributed by atoms with Crippen LogP contribution >= 0.6 is 7.82 Å². The molecule has 0 aromatic heterocycles. The van der Waals surface area contributed by atoms with E-state index in [1.165, 1.54) is 38.5 Å². The van der Waals surface area contributed by atoms with Crippen LogP contribution in [0.3, 0.4) is 0 Å². The van der Waals surface area contributed by atoms with Crippen LogP contribution in [0, 0.1) is 0 Å². The molecule has 0 saturated heterocycles. The fourth-order valence-corrected chi connectivity index (χ4v) is 9.11.